The standard InChI is InChI=1S/C22H28N2O3/c1-3-13-10-14-11-22(21(26)27-2)19-16(15-6-4-5-7-17(15)23-19)8-9-24(20(13)22)18(14)12-25/h4-7,13-14,18,20,23,25H,3,8-12H2,1-2H3/t13-,14+,18?,20-,22+/m0/s1. The third kappa shape index (κ3) is 2.10. The normalized spacial score (nSPS) is 37.1. The lowest BCUT2D eigenvalue weighted by molar-refractivity contribution is -0.170. The molecule has 2 N–H and O–H groups in total. The Morgan fingerprint density at radius 1 is 1.41 bits per heavy atom. The van der Waals surface area contributed by atoms with Crippen molar-refractivity contribution in [2.75, 3.05) is 20.3 Å². The van der Waals surface area contributed by atoms with Crippen LogP contribution in [0.3, 0.4) is 0 Å². The second-order valence-corrected chi connectivity index (χ2v) is 8.54. The van der Waals surface area contributed by atoms with Gasteiger partial charge in [-0.05, 0) is 42.7 Å². The molecular weight excluding hydrogens is 340 g/mol. The zero-order valence-corrected chi connectivity index (χ0v) is 16.1. The average Bonchev–Trinajstić information content (AvgIpc) is 3.04. The van der Waals surface area contributed by atoms with E-state index in [0.717, 1.165) is 43.4 Å². The SMILES string of the molecule is CC[C@H]1C[C@@H]2C[C@@]3(C(=O)OC)c4[nH]c5ccccc5c4CCN(C2CO)[C@@H]13. The molecule has 1 aliphatic carbocycles. The van der Waals surface area contributed by atoms with Crippen LogP contribution in [0.2, 0.25) is 0 Å². The number of esters is 1. The lowest BCUT2D eigenvalue weighted by Gasteiger charge is -2.61. The molecule has 4 heterocycles. The number of aromatic amines is 1. The number of H-pyrrole nitrogens is 1. The van der Waals surface area contributed by atoms with E-state index in [-0.39, 0.29) is 24.7 Å². The maximum atomic E-state index is 13.4. The Labute approximate surface area is 159 Å². The van der Waals surface area contributed by atoms with Gasteiger partial charge in [-0.15, -0.1) is 0 Å². The molecule has 4 bridgehead atoms. The molecule has 5 heteroatoms. The van der Waals surface area contributed by atoms with Crippen LogP contribution >= 0.6 is 0 Å². The van der Waals surface area contributed by atoms with E-state index in [1.807, 2.05) is 6.07 Å². The van der Waals surface area contributed by atoms with Crippen molar-refractivity contribution in [3.8, 4) is 0 Å². The molecular formula is C22H28N2O3. The molecule has 6 atom stereocenters. The van der Waals surface area contributed by atoms with Gasteiger partial charge in [0.15, 0.2) is 0 Å². The Kier molecular flexibility index (Phi) is 3.89. The molecule has 1 saturated carbocycles. The number of rotatable bonds is 3. The summed E-state index contributed by atoms with van der Waals surface area (Å²) in [5.74, 6) is 0.649. The molecule has 2 aromatic rings. The highest BCUT2D eigenvalue weighted by atomic mass is 16.5. The first-order chi connectivity index (χ1) is 13.2. The maximum absolute atomic E-state index is 13.4. The summed E-state index contributed by atoms with van der Waals surface area (Å²) in [5.41, 5.74) is 2.78. The summed E-state index contributed by atoms with van der Waals surface area (Å²) in [6.07, 6.45) is 3.80. The van der Waals surface area contributed by atoms with Crippen molar-refractivity contribution >= 4 is 16.9 Å². The Hall–Kier alpha value is -1.85. The minimum Gasteiger partial charge on any atom is -0.468 e. The van der Waals surface area contributed by atoms with E-state index in [4.69, 9.17) is 4.74 Å². The van der Waals surface area contributed by atoms with Crippen LogP contribution in [0.5, 0.6) is 0 Å². The van der Waals surface area contributed by atoms with Gasteiger partial charge in [0.25, 0.3) is 0 Å². The number of hydrogen-bond donors (Lipinski definition) is 2. The highest BCUT2D eigenvalue weighted by Gasteiger charge is 2.65. The van der Waals surface area contributed by atoms with Crippen LogP contribution in [0.1, 0.15) is 37.4 Å². The molecule has 1 aromatic carbocycles. The number of ether oxygens (including phenoxy) is 1. The lowest BCUT2D eigenvalue weighted by atomic mass is 9.54. The van der Waals surface area contributed by atoms with E-state index in [0.29, 0.717) is 11.8 Å². The second-order valence-electron chi connectivity index (χ2n) is 8.54. The minimum atomic E-state index is -0.658. The molecule has 3 fully saturated rings. The van der Waals surface area contributed by atoms with Gasteiger partial charge in [0, 0.05) is 35.2 Å². The number of aliphatic hydroxyl groups excluding tert-OH is 1. The summed E-state index contributed by atoms with van der Waals surface area (Å²) >= 11 is 0. The van der Waals surface area contributed by atoms with Crippen molar-refractivity contribution in [2.45, 2.75) is 50.1 Å². The fourth-order valence-corrected chi connectivity index (χ4v) is 6.63. The van der Waals surface area contributed by atoms with Crippen LogP contribution < -0.4 is 0 Å². The summed E-state index contributed by atoms with van der Waals surface area (Å²) < 4.78 is 5.44. The van der Waals surface area contributed by atoms with Gasteiger partial charge in [-0.1, -0.05) is 31.5 Å². The summed E-state index contributed by atoms with van der Waals surface area (Å²) in [5, 5.41) is 11.3. The molecule has 27 heavy (non-hydrogen) atoms. The number of aromatic nitrogens is 1. The first kappa shape index (κ1) is 17.3. The predicted octanol–water partition coefficient (Wildman–Crippen LogP) is 2.62. The topological polar surface area (TPSA) is 65.6 Å². The lowest BCUT2D eigenvalue weighted by Crippen LogP contribution is -2.71. The number of nitrogens with zero attached hydrogens (tertiary/aromatic N) is 1. The summed E-state index contributed by atoms with van der Waals surface area (Å²) in [4.78, 5) is 19.5. The van der Waals surface area contributed by atoms with Crippen LogP contribution in [-0.2, 0) is 21.4 Å². The number of methoxy groups -OCH3 is 1. The summed E-state index contributed by atoms with van der Waals surface area (Å²) in [6, 6.07) is 8.60. The molecule has 1 aromatic heterocycles. The van der Waals surface area contributed by atoms with Crippen molar-refractivity contribution < 1.29 is 14.6 Å². The van der Waals surface area contributed by atoms with Gasteiger partial charge in [-0.25, -0.2) is 0 Å². The Morgan fingerprint density at radius 2 is 2.22 bits per heavy atom. The van der Waals surface area contributed by atoms with Gasteiger partial charge in [-0.3, -0.25) is 9.69 Å². The van der Waals surface area contributed by atoms with E-state index >= 15 is 0 Å². The third-order valence-corrected chi connectivity index (χ3v) is 7.61. The van der Waals surface area contributed by atoms with Crippen molar-refractivity contribution in [1.82, 2.24) is 9.88 Å². The molecule has 4 aliphatic rings. The molecule has 0 amide bonds. The molecule has 2 saturated heterocycles. The van der Waals surface area contributed by atoms with E-state index < -0.39 is 5.41 Å². The highest BCUT2D eigenvalue weighted by Crippen LogP contribution is 2.57. The summed E-state index contributed by atoms with van der Waals surface area (Å²) in [7, 11) is 1.52. The van der Waals surface area contributed by atoms with Gasteiger partial charge in [-0.2, -0.15) is 0 Å². The van der Waals surface area contributed by atoms with E-state index in [1.54, 1.807) is 0 Å². The number of nitrogens with one attached hydrogen (secondary N) is 1. The maximum Gasteiger partial charge on any atom is 0.319 e. The number of para-hydroxylation sites is 1. The zero-order chi connectivity index (χ0) is 18.8. The van der Waals surface area contributed by atoms with Gasteiger partial charge in [0.05, 0.1) is 13.7 Å². The van der Waals surface area contributed by atoms with E-state index in [1.165, 1.54) is 18.1 Å². The first-order valence-corrected chi connectivity index (χ1v) is 10.2. The average molecular weight is 368 g/mol. The monoisotopic (exact) mass is 368 g/mol. The number of carbonyl (C=O) groups excluding carboxylic acids is 1. The zero-order valence-electron chi connectivity index (χ0n) is 16.1. The largest absolute Gasteiger partial charge is 0.468 e. The van der Waals surface area contributed by atoms with Crippen molar-refractivity contribution in [2.24, 2.45) is 11.8 Å². The molecule has 144 valence electrons. The fraction of sp³-hybridized carbons (Fsp3) is 0.591. The molecule has 3 aliphatic heterocycles. The Bertz CT molecular complexity index is 891. The molecule has 0 radical (unpaired) electrons. The van der Waals surface area contributed by atoms with Gasteiger partial charge < -0.3 is 14.8 Å². The number of aliphatic hydroxyl groups is 1. The van der Waals surface area contributed by atoms with E-state index in [9.17, 15) is 9.90 Å². The summed E-state index contributed by atoms with van der Waals surface area (Å²) in [6.45, 7) is 3.28. The first-order valence-electron chi connectivity index (χ1n) is 10.2. The van der Waals surface area contributed by atoms with Crippen LogP contribution in [0.25, 0.3) is 10.9 Å². The van der Waals surface area contributed by atoms with Crippen LogP contribution in [0.4, 0.5) is 0 Å². The number of carbonyl (C=O) groups is 1. The molecule has 5 nitrogen and oxygen atoms in total. The predicted molar refractivity (Wildman–Crippen MR) is 104 cm³/mol. The van der Waals surface area contributed by atoms with Crippen molar-refractivity contribution in [1.29, 1.82) is 0 Å². The van der Waals surface area contributed by atoms with Crippen molar-refractivity contribution in [3.05, 3.63) is 35.5 Å². The number of piperidine rings is 2. The quantitative estimate of drug-likeness (QED) is 0.818. The molecule has 2 unspecified atom stereocenters. The van der Waals surface area contributed by atoms with Gasteiger partial charge >= 0.3 is 5.97 Å². The smallest absolute Gasteiger partial charge is 0.319 e. The highest BCUT2D eigenvalue weighted by molar-refractivity contribution is 5.91. The molecule has 6 rings (SSSR count). The van der Waals surface area contributed by atoms with Gasteiger partial charge in [0.1, 0.15) is 5.41 Å². The van der Waals surface area contributed by atoms with E-state index in [2.05, 4.69) is 35.0 Å². The molecule has 0 spiro atoms. The third-order valence-electron chi connectivity index (χ3n) is 7.61. The Morgan fingerprint density at radius 3 is 2.96 bits per heavy atom. The van der Waals surface area contributed by atoms with Crippen molar-refractivity contribution in [3.63, 3.8) is 0 Å². The minimum absolute atomic E-state index is 0.0893. The second kappa shape index (κ2) is 6.08. The van der Waals surface area contributed by atoms with Crippen LogP contribution in [-0.4, -0.2) is 53.3 Å². The number of hydrogen-bond acceptors (Lipinski definition) is 4. The van der Waals surface area contributed by atoms with Gasteiger partial charge in [0.2, 0.25) is 0 Å². The fourth-order valence-electron chi connectivity index (χ4n) is 6.63. The number of benzene rings is 1. The number of fused-ring (bicyclic) bond motifs is 4. The Balaban J connectivity index is 1.79. The van der Waals surface area contributed by atoms with Crippen LogP contribution in [0, 0.1) is 11.8 Å². The van der Waals surface area contributed by atoms with Crippen LogP contribution in [0.15, 0.2) is 24.3 Å².